The first-order valence-electron chi connectivity index (χ1n) is 6.66. The Bertz CT molecular complexity index is 415. The summed E-state index contributed by atoms with van der Waals surface area (Å²) in [7, 11) is 1.88. The smallest absolute Gasteiger partial charge is 0.257 e. The van der Waals surface area contributed by atoms with Crippen molar-refractivity contribution in [2.24, 2.45) is 5.92 Å². The van der Waals surface area contributed by atoms with Gasteiger partial charge in [0.05, 0.1) is 5.56 Å². The van der Waals surface area contributed by atoms with E-state index in [0.717, 1.165) is 13.1 Å². The van der Waals surface area contributed by atoms with Gasteiger partial charge in [0.15, 0.2) is 0 Å². The molecule has 1 N–H and O–H groups in total. The lowest BCUT2D eigenvalue weighted by atomic mass is 9.85. The van der Waals surface area contributed by atoms with Crippen LogP contribution in [0.5, 0.6) is 0 Å². The molecule has 1 aliphatic rings. The molecule has 1 amide bonds. The van der Waals surface area contributed by atoms with E-state index in [4.69, 9.17) is 0 Å². The van der Waals surface area contributed by atoms with Gasteiger partial charge in [-0.15, -0.1) is 0 Å². The monoisotopic (exact) mass is 247 g/mol. The van der Waals surface area contributed by atoms with Gasteiger partial charge in [-0.3, -0.25) is 4.79 Å². The average Bonchev–Trinajstić information content (AvgIpc) is 2.34. The van der Waals surface area contributed by atoms with Gasteiger partial charge in [0.1, 0.15) is 5.82 Å². The van der Waals surface area contributed by atoms with E-state index in [2.05, 4.69) is 10.3 Å². The second kappa shape index (κ2) is 5.85. The first kappa shape index (κ1) is 12.9. The summed E-state index contributed by atoms with van der Waals surface area (Å²) in [4.78, 5) is 18.4. The van der Waals surface area contributed by atoms with Crippen molar-refractivity contribution >= 4 is 11.7 Å². The van der Waals surface area contributed by atoms with Crippen molar-refractivity contribution in [1.82, 2.24) is 9.88 Å². The van der Waals surface area contributed by atoms with Crippen molar-refractivity contribution < 1.29 is 4.79 Å². The van der Waals surface area contributed by atoms with Crippen molar-refractivity contribution in [3.05, 3.63) is 23.9 Å². The number of amides is 1. The Kier molecular flexibility index (Phi) is 4.18. The molecule has 18 heavy (non-hydrogen) atoms. The van der Waals surface area contributed by atoms with Crippen molar-refractivity contribution in [3.8, 4) is 0 Å². The topological polar surface area (TPSA) is 45.2 Å². The number of aromatic nitrogens is 1. The fraction of sp³-hybridized carbons (Fsp3) is 0.571. The van der Waals surface area contributed by atoms with Gasteiger partial charge in [0.25, 0.3) is 5.91 Å². The van der Waals surface area contributed by atoms with E-state index in [1.807, 2.05) is 31.0 Å². The fourth-order valence-electron chi connectivity index (χ4n) is 2.24. The maximum atomic E-state index is 12.4. The minimum atomic E-state index is 0.0611. The summed E-state index contributed by atoms with van der Waals surface area (Å²) in [6.07, 6.45) is 5.53. The van der Waals surface area contributed by atoms with Gasteiger partial charge in [-0.25, -0.2) is 4.98 Å². The number of nitrogens with one attached hydrogen (secondary N) is 1. The maximum absolute atomic E-state index is 12.4. The van der Waals surface area contributed by atoms with Crippen LogP contribution in [0.3, 0.4) is 0 Å². The summed E-state index contributed by atoms with van der Waals surface area (Å²) in [5.74, 6) is 1.44. The Morgan fingerprint density at radius 3 is 2.94 bits per heavy atom. The van der Waals surface area contributed by atoms with Gasteiger partial charge in [0.2, 0.25) is 0 Å². The van der Waals surface area contributed by atoms with E-state index in [9.17, 15) is 4.79 Å². The Morgan fingerprint density at radius 1 is 1.56 bits per heavy atom. The van der Waals surface area contributed by atoms with Gasteiger partial charge in [0, 0.05) is 26.3 Å². The van der Waals surface area contributed by atoms with Gasteiger partial charge in [-0.1, -0.05) is 6.42 Å². The second-order valence-corrected chi connectivity index (χ2v) is 4.91. The summed E-state index contributed by atoms with van der Waals surface area (Å²) >= 11 is 0. The summed E-state index contributed by atoms with van der Waals surface area (Å²) in [5.41, 5.74) is 0.668. The summed E-state index contributed by atoms with van der Waals surface area (Å²) < 4.78 is 0. The standard InChI is InChI=1S/C14H21N3O/c1-3-15-13-12(8-5-9-16-13)14(18)17(2)10-11-6-4-7-11/h5,8-9,11H,3-4,6-7,10H2,1-2H3,(H,15,16). The van der Waals surface area contributed by atoms with Gasteiger partial charge < -0.3 is 10.2 Å². The van der Waals surface area contributed by atoms with Crippen LogP contribution in [0, 0.1) is 5.92 Å². The predicted molar refractivity (Wildman–Crippen MR) is 72.7 cm³/mol. The molecule has 0 bridgehead atoms. The fourth-order valence-corrected chi connectivity index (χ4v) is 2.24. The number of carbonyl (C=O) groups is 1. The number of anilines is 1. The number of pyridine rings is 1. The quantitative estimate of drug-likeness (QED) is 0.869. The molecule has 0 aromatic carbocycles. The number of carbonyl (C=O) groups excluding carboxylic acids is 1. The number of hydrogen-bond donors (Lipinski definition) is 1. The van der Waals surface area contributed by atoms with Crippen LogP contribution in [0.1, 0.15) is 36.5 Å². The van der Waals surface area contributed by atoms with E-state index in [-0.39, 0.29) is 5.91 Å². The Morgan fingerprint density at radius 2 is 2.33 bits per heavy atom. The molecule has 1 heterocycles. The summed E-state index contributed by atoms with van der Waals surface area (Å²) in [6, 6.07) is 3.65. The lowest BCUT2D eigenvalue weighted by molar-refractivity contribution is 0.0746. The van der Waals surface area contributed by atoms with Crippen LogP contribution in [-0.2, 0) is 0 Å². The Balaban J connectivity index is 2.06. The third-order valence-corrected chi connectivity index (χ3v) is 3.49. The molecule has 0 radical (unpaired) electrons. The highest BCUT2D eigenvalue weighted by molar-refractivity contribution is 5.98. The first-order valence-corrected chi connectivity index (χ1v) is 6.66. The number of rotatable bonds is 5. The van der Waals surface area contributed by atoms with Gasteiger partial charge >= 0.3 is 0 Å². The average molecular weight is 247 g/mol. The predicted octanol–water partition coefficient (Wildman–Crippen LogP) is 2.39. The third kappa shape index (κ3) is 2.81. The molecule has 1 aromatic rings. The first-order chi connectivity index (χ1) is 8.72. The van der Waals surface area contributed by atoms with Crippen LogP contribution < -0.4 is 5.32 Å². The lowest BCUT2D eigenvalue weighted by Crippen LogP contribution is -2.34. The molecule has 98 valence electrons. The zero-order valence-electron chi connectivity index (χ0n) is 11.1. The third-order valence-electron chi connectivity index (χ3n) is 3.49. The zero-order chi connectivity index (χ0) is 13.0. The molecular weight excluding hydrogens is 226 g/mol. The molecule has 1 fully saturated rings. The Labute approximate surface area is 108 Å². The summed E-state index contributed by atoms with van der Waals surface area (Å²) in [6.45, 7) is 3.63. The van der Waals surface area contributed by atoms with Crippen LogP contribution in [0.4, 0.5) is 5.82 Å². The van der Waals surface area contributed by atoms with Crippen LogP contribution in [0.2, 0.25) is 0 Å². The van der Waals surface area contributed by atoms with Crippen molar-refractivity contribution in [2.75, 3.05) is 25.5 Å². The molecule has 1 saturated carbocycles. The second-order valence-electron chi connectivity index (χ2n) is 4.91. The molecule has 0 atom stereocenters. The molecule has 1 aromatic heterocycles. The number of hydrogen-bond acceptors (Lipinski definition) is 3. The van der Waals surface area contributed by atoms with Crippen molar-refractivity contribution in [1.29, 1.82) is 0 Å². The van der Waals surface area contributed by atoms with Crippen LogP contribution >= 0.6 is 0 Å². The van der Waals surface area contributed by atoms with E-state index in [1.54, 1.807) is 6.20 Å². The highest BCUT2D eigenvalue weighted by Crippen LogP contribution is 2.27. The minimum absolute atomic E-state index is 0.0611. The molecule has 0 aliphatic heterocycles. The number of nitrogens with zero attached hydrogens (tertiary/aromatic N) is 2. The minimum Gasteiger partial charge on any atom is -0.370 e. The highest BCUT2D eigenvalue weighted by Gasteiger charge is 2.23. The highest BCUT2D eigenvalue weighted by atomic mass is 16.2. The molecule has 2 rings (SSSR count). The van der Waals surface area contributed by atoms with E-state index in [0.29, 0.717) is 17.3 Å². The zero-order valence-corrected chi connectivity index (χ0v) is 11.1. The van der Waals surface area contributed by atoms with Crippen LogP contribution in [0.15, 0.2) is 18.3 Å². The molecular formula is C14H21N3O. The van der Waals surface area contributed by atoms with E-state index in [1.165, 1.54) is 19.3 Å². The molecule has 1 aliphatic carbocycles. The molecule has 0 unspecified atom stereocenters. The molecule has 0 saturated heterocycles. The molecule has 0 spiro atoms. The van der Waals surface area contributed by atoms with Crippen molar-refractivity contribution in [3.63, 3.8) is 0 Å². The SMILES string of the molecule is CCNc1ncccc1C(=O)N(C)CC1CCC1. The van der Waals surface area contributed by atoms with Crippen molar-refractivity contribution in [2.45, 2.75) is 26.2 Å². The normalized spacial score (nSPS) is 15.0. The van der Waals surface area contributed by atoms with E-state index >= 15 is 0 Å². The van der Waals surface area contributed by atoms with Gasteiger partial charge in [-0.2, -0.15) is 0 Å². The summed E-state index contributed by atoms with van der Waals surface area (Å²) in [5, 5.41) is 3.13. The van der Waals surface area contributed by atoms with Crippen LogP contribution in [-0.4, -0.2) is 35.9 Å². The van der Waals surface area contributed by atoms with E-state index < -0.39 is 0 Å². The lowest BCUT2D eigenvalue weighted by Gasteiger charge is -2.30. The molecule has 4 heteroatoms. The van der Waals surface area contributed by atoms with Gasteiger partial charge in [-0.05, 0) is 37.8 Å². The van der Waals surface area contributed by atoms with Crippen LogP contribution in [0.25, 0.3) is 0 Å². The Hall–Kier alpha value is -1.58. The largest absolute Gasteiger partial charge is 0.370 e. The maximum Gasteiger partial charge on any atom is 0.257 e. The molecule has 4 nitrogen and oxygen atoms in total.